The van der Waals surface area contributed by atoms with Crippen LogP contribution in [0.25, 0.3) is 0 Å². The Morgan fingerprint density at radius 2 is 2.05 bits per heavy atom. The molecule has 0 atom stereocenters. The standard InChI is InChI=1S/C16H18FN3O/c1-2-18-15-8-7-13(11-20-15)16(21)19-10-9-12-5-3-4-6-14(12)17/h3-8,11H,2,9-10H2,1H3,(H,18,20)(H,19,21). The molecule has 0 aliphatic heterocycles. The van der Waals surface area contributed by atoms with Gasteiger partial charge in [0, 0.05) is 19.3 Å². The van der Waals surface area contributed by atoms with E-state index in [0.29, 0.717) is 24.1 Å². The molecule has 0 aliphatic rings. The Kier molecular flexibility index (Phi) is 5.26. The van der Waals surface area contributed by atoms with Gasteiger partial charge in [0.15, 0.2) is 0 Å². The van der Waals surface area contributed by atoms with Crippen LogP contribution >= 0.6 is 0 Å². The smallest absolute Gasteiger partial charge is 0.252 e. The summed E-state index contributed by atoms with van der Waals surface area (Å²) in [4.78, 5) is 16.1. The maximum absolute atomic E-state index is 13.4. The number of pyridine rings is 1. The molecule has 1 heterocycles. The van der Waals surface area contributed by atoms with Crippen LogP contribution in [0.4, 0.5) is 10.2 Å². The molecule has 0 fully saturated rings. The zero-order chi connectivity index (χ0) is 15.1. The van der Waals surface area contributed by atoms with Crippen molar-refractivity contribution in [1.29, 1.82) is 0 Å². The van der Waals surface area contributed by atoms with Gasteiger partial charge in [-0.2, -0.15) is 0 Å². The molecule has 21 heavy (non-hydrogen) atoms. The molecule has 0 saturated carbocycles. The number of amides is 1. The first-order valence-corrected chi connectivity index (χ1v) is 6.92. The van der Waals surface area contributed by atoms with E-state index >= 15 is 0 Å². The number of benzene rings is 1. The third kappa shape index (κ3) is 4.27. The Morgan fingerprint density at radius 1 is 1.24 bits per heavy atom. The van der Waals surface area contributed by atoms with Gasteiger partial charge in [-0.15, -0.1) is 0 Å². The van der Waals surface area contributed by atoms with Crippen LogP contribution in [0.3, 0.4) is 0 Å². The van der Waals surface area contributed by atoms with Crippen LogP contribution in [0.5, 0.6) is 0 Å². The van der Waals surface area contributed by atoms with E-state index in [4.69, 9.17) is 0 Å². The molecule has 2 aromatic rings. The lowest BCUT2D eigenvalue weighted by Gasteiger charge is -2.07. The van der Waals surface area contributed by atoms with Crippen molar-refractivity contribution in [2.45, 2.75) is 13.3 Å². The summed E-state index contributed by atoms with van der Waals surface area (Å²) >= 11 is 0. The van der Waals surface area contributed by atoms with Crippen molar-refractivity contribution in [3.05, 3.63) is 59.5 Å². The maximum Gasteiger partial charge on any atom is 0.252 e. The predicted molar refractivity (Wildman–Crippen MR) is 80.8 cm³/mol. The Bertz CT molecular complexity index is 599. The topological polar surface area (TPSA) is 54.0 Å². The molecule has 4 nitrogen and oxygen atoms in total. The van der Waals surface area contributed by atoms with Crippen molar-refractivity contribution in [2.75, 3.05) is 18.4 Å². The fourth-order valence-electron chi connectivity index (χ4n) is 1.93. The zero-order valence-corrected chi connectivity index (χ0v) is 11.9. The van der Waals surface area contributed by atoms with Crippen LogP contribution < -0.4 is 10.6 Å². The molecule has 110 valence electrons. The maximum atomic E-state index is 13.4. The van der Waals surface area contributed by atoms with Crippen LogP contribution in [0.15, 0.2) is 42.6 Å². The lowest BCUT2D eigenvalue weighted by Crippen LogP contribution is -2.26. The van der Waals surface area contributed by atoms with Crippen LogP contribution in [0.1, 0.15) is 22.8 Å². The van der Waals surface area contributed by atoms with Gasteiger partial charge in [0.25, 0.3) is 5.91 Å². The Morgan fingerprint density at radius 3 is 2.71 bits per heavy atom. The van der Waals surface area contributed by atoms with E-state index in [0.717, 1.165) is 12.4 Å². The van der Waals surface area contributed by atoms with E-state index in [1.807, 2.05) is 6.92 Å². The zero-order valence-electron chi connectivity index (χ0n) is 11.9. The molecule has 2 rings (SSSR count). The number of hydrogen-bond acceptors (Lipinski definition) is 3. The van der Waals surface area contributed by atoms with Gasteiger partial charge < -0.3 is 10.6 Å². The number of carbonyl (C=O) groups excluding carboxylic acids is 1. The van der Waals surface area contributed by atoms with Crippen molar-refractivity contribution < 1.29 is 9.18 Å². The number of hydrogen-bond donors (Lipinski definition) is 2. The fraction of sp³-hybridized carbons (Fsp3) is 0.250. The minimum absolute atomic E-state index is 0.207. The lowest BCUT2D eigenvalue weighted by molar-refractivity contribution is 0.0953. The molecule has 0 unspecified atom stereocenters. The largest absolute Gasteiger partial charge is 0.370 e. The first kappa shape index (κ1) is 15.0. The second-order valence-electron chi connectivity index (χ2n) is 4.56. The molecule has 2 N–H and O–H groups in total. The summed E-state index contributed by atoms with van der Waals surface area (Å²) in [5.74, 6) is 0.283. The monoisotopic (exact) mass is 287 g/mol. The van der Waals surface area contributed by atoms with Crippen molar-refractivity contribution in [2.24, 2.45) is 0 Å². The van der Waals surface area contributed by atoms with Gasteiger partial charge in [-0.05, 0) is 37.1 Å². The molecule has 0 bridgehead atoms. The van der Waals surface area contributed by atoms with E-state index in [-0.39, 0.29) is 11.7 Å². The van der Waals surface area contributed by atoms with Gasteiger partial charge in [-0.25, -0.2) is 9.37 Å². The minimum atomic E-state index is -0.247. The van der Waals surface area contributed by atoms with E-state index in [1.54, 1.807) is 30.3 Å². The van der Waals surface area contributed by atoms with Crippen LogP contribution in [-0.4, -0.2) is 24.0 Å². The normalized spacial score (nSPS) is 10.2. The molecule has 0 spiro atoms. The third-order valence-electron chi connectivity index (χ3n) is 3.02. The summed E-state index contributed by atoms with van der Waals surface area (Å²) in [6, 6.07) is 10.0. The van der Waals surface area contributed by atoms with Crippen LogP contribution in [-0.2, 0) is 6.42 Å². The summed E-state index contributed by atoms with van der Waals surface area (Å²) in [7, 11) is 0. The molecule has 1 aromatic carbocycles. The average Bonchev–Trinajstić information content (AvgIpc) is 2.50. The molecule has 1 aromatic heterocycles. The highest BCUT2D eigenvalue weighted by atomic mass is 19.1. The predicted octanol–water partition coefficient (Wildman–Crippen LogP) is 2.63. The van der Waals surface area contributed by atoms with E-state index in [9.17, 15) is 9.18 Å². The molecule has 0 saturated heterocycles. The Hall–Kier alpha value is -2.43. The highest BCUT2D eigenvalue weighted by Crippen LogP contribution is 2.07. The highest BCUT2D eigenvalue weighted by Gasteiger charge is 2.06. The van der Waals surface area contributed by atoms with Gasteiger partial charge in [0.2, 0.25) is 0 Å². The molecule has 1 amide bonds. The number of aromatic nitrogens is 1. The fourth-order valence-corrected chi connectivity index (χ4v) is 1.93. The molecule has 0 radical (unpaired) electrons. The lowest BCUT2D eigenvalue weighted by atomic mass is 10.1. The average molecular weight is 287 g/mol. The van der Waals surface area contributed by atoms with Gasteiger partial charge in [0.1, 0.15) is 11.6 Å². The van der Waals surface area contributed by atoms with Gasteiger partial charge in [-0.1, -0.05) is 18.2 Å². The molecule has 5 heteroatoms. The van der Waals surface area contributed by atoms with Crippen LogP contribution in [0.2, 0.25) is 0 Å². The SMILES string of the molecule is CCNc1ccc(C(=O)NCCc2ccccc2F)cn1. The number of carbonyl (C=O) groups is 1. The summed E-state index contributed by atoms with van der Waals surface area (Å²) in [5.41, 5.74) is 1.09. The number of nitrogens with zero attached hydrogens (tertiary/aromatic N) is 1. The summed E-state index contributed by atoms with van der Waals surface area (Å²) in [6.07, 6.45) is 1.98. The van der Waals surface area contributed by atoms with Crippen molar-refractivity contribution >= 4 is 11.7 Å². The first-order chi connectivity index (χ1) is 10.2. The van der Waals surface area contributed by atoms with Crippen LogP contribution in [0, 0.1) is 5.82 Å². The Labute approximate surface area is 123 Å². The summed E-state index contributed by atoms with van der Waals surface area (Å²) < 4.78 is 13.4. The summed E-state index contributed by atoms with van der Waals surface area (Å²) in [6.45, 7) is 3.14. The molecule has 0 aliphatic carbocycles. The minimum Gasteiger partial charge on any atom is -0.370 e. The highest BCUT2D eigenvalue weighted by molar-refractivity contribution is 5.94. The number of halogens is 1. The second kappa shape index (κ2) is 7.38. The van der Waals surface area contributed by atoms with Crippen molar-refractivity contribution in [3.63, 3.8) is 0 Å². The number of anilines is 1. The van der Waals surface area contributed by atoms with Gasteiger partial charge in [-0.3, -0.25) is 4.79 Å². The van der Waals surface area contributed by atoms with E-state index in [2.05, 4.69) is 15.6 Å². The third-order valence-corrected chi connectivity index (χ3v) is 3.02. The van der Waals surface area contributed by atoms with Crippen molar-refractivity contribution in [3.8, 4) is 0 Å². The summed E-state index contributed by atoms with van der Waals surface area (Å²) in [5, 5.41) is 5.82. The number of nitrogens with one attached hydrogen (secondary N) is 2. The molecular weight excluding hydrogens is 269 g/mol. The Balaban J connectivity index is 1.85. The van der Waals surface area contributed by atoms with E-state index in [1.165, 1.54) is 12.3 Å². The van der Waals surface area contributed by atoms with E-state index < -0.39 is 0 Å². The quantitative estimate of drug-likeness (QED) is 0.858. The number of rotatable bonds is 6. The molecular formula is C16H18FN3O. The van der Waals surface area contributed by atoms with Crippen molar-refractivity contribution in [1.82, 2.24) is 10.3 Å². The second-order valence-corrected chi connectivity index (χ2v) is 4.56. The van der Waals surface area contributed by atoms with Gasteiger partial charge >= 0.3 is 0 Å². The first-order valence-electron chi connectivity index (χ1n) is 6.92. The van der Waals surface area contributed by atoms with Gasteiger partial charge in [0.05, 0.1) is 5.56 Å².